The fourth-order valence-corrected chi connectivity index (χ4v) is 1.44. The van der Waals surface area contributed by atoms with Gasteiger partial charge in [-0.1, -0.05) is 24.3 Å². The predicted molar refractivity (Wildman–Crippen MR) is 59.7 cm³/mol. The second-order valence-corrected chi connectivity index (χ2v) is 3.24. The Kier molecular flexibility index (Phi) is 1.93. The molecule has 1 nitrogen and oxygen atoms in total. The molecule has 1 aromatic carbocycles. The molecule has 0 aliphatic carbocycles. The maximum absolute atomic E-state index is 3.38. The molecule has 0 aliphatic rings. The van der Waals surface area contributed by atoms with Crippen LogP contribution >= 0.6 is 0 Å². The van der Waals surface area contributed by atoms with E-state index in [0.29, 0.717) is 0 Å². The van der Waals surface area contributed by atoms with Crippen LogP contribution in [-0.2, 0) is 0 Å². The van der Waals surface area contributed by atoms with Crippen molar-refractivity contribution in [1.29, 1.82) is 0 Å². The van der Waals surface area contributed by atoms with Crippen LogP contribution < -0.4 is 0 Å². The van der Waals surface area contributed by atoms with E-state index in [4.69, 9.17) is 0 Å². The molecule has 0 radical (unpaired) electrons. The fraction of sp³-hybridized carbons (Fsp3) is 0.167. The van der Waals surface area contributed by atoms with Gasteiger partial charge in [0, 0.05) is 12.6 Å². The summed E-state index contributed by atoms with van der Waals surface area (Å²) in [6.07, 6.45) is 2.12. The van der Waals surface area contributed by atoms with Crippen LogP contribution in [-0.4, -0.2) is 4.98 Å². The zero-order valence-electron chi connectivity index (χ0n) is 7.96. The molecule has 0 aliphatic heterocycles. The second-order valence-electron chi connectivity index (χ2n) is 3.24. The summed E-state index contributed by atoms with van der Waals surface area (Å²) in [5, 5.41) is 1.28. The van der Waals surface area contributed by atoms with E-state index in [1.165, 1.54) is 22.2 Å². The number of fused-ring (bicyclic) bond motifs is 1. The van der Waals surface area contributed by atoms with Crippen LogP contribution in [0.3, 0.4) is 0 Å². The highest BCUT2D eigenvalue weighted by atomic mass is 14.7. The Bertz CT molecular complexity index is 421. The van der Waals surface area contributed by atoms with Crippen molar-refractivity contribution in [3.05, 3.63) is 42.1 Å². The quantitative estimate of drug-likeness (QED) is 0.674. The summed E-state index contributed by atoms with van der Waals surface area (Å²) >= 11 is 0. The highest BCUT2D eigenvalue weighted by Crippen LogP contribution is 2.19. The third kappa shape index (κ3) is 1.37. The average Bonchev–Trinajstić information content (AvgIpc) is 2.59. The van der Waals surface area contributed by atoms with Crippen LogP contribution in [0.5, 0.6) is 0 Å². The summed E-state index contributed by atoms with van der Waals surface area (Å²) in [6.45, 7) is 4.17. The summed E-state index contributed by atoms with van der Waals surface area (Å²) in [5.74, 6) is 0. The molecule has 1 aromatic heterocycles. The Morgan fingerprint density at radius 1 is 1.38 bits per heavy atom. The van der Waals surface area contributed by atoms with Gasteiger partial charge in [-0.05, 0) is 36.9 Å². The third-order valence-corrected chi connectivity index (χ3v) is 2.39. The molecule has 0 bridgehead atoms. The average molecular weight is 173 g/mol. The highest BCUT2D eigenvalue weighted by molar-refractivity contribution is 5.84. The van der Waals surface area contributed by atoms with Gasteiger partial charge in [0.1, 0.15) is 0 Å². The van der Waals surface area contributed by atoms with Gasteiger partial charge in [-0.25, -0.2) is 0 Å². The minimum Gasteiger partial charge on any atom is -0.355 e. The van der Waals surface area contributed by atoms with Crippen LogP contribution in [0, 0.1) is 0 Å². The van der Waals surface area contributed by atoms with Crippen LogP contribution in [0.25, 0.3) is 16.5 Å². The van der Waals surface area contributed by atoms with Crippen molar-refractivity contribution < 1.29 is 1.43 Å². The number of benzene rings is 1. The molecular formula is C12H15N. The van der Waals surface area contributed by atoms with Crippen LogP contribution in [0.1, 0.15) is 21.0 Å². The van der Waals surface area contributed by atoms with Gasteiger partial charge in [0.25, 0.3) is 0 Å². The first kappa shape index (κ1) is 8.11. The first-order chi connectivity index (χ1) is 6.31. The molecule has 1 heterocycles. The van der Waals surface area contributed by atoms with Gasteiger partial charge in [-0.2, -0.15) is 0 Å². The molecule has 68 valence electrons. The Morgan fingerprint density at radius 3 is 2.85 bits per heavy atom. The standard InChI is InChI=1S/C12H13N.H2/c1-3-9(2)12-8-10-6-4-5-7-11(10)13-12;/h3-8,13H,1-2H3;1H/b9-3-;. The lowest BCUT2D eigenvalue weighted by Crippen LogP contribution is -1.75. The normalized spacial score (nSPS) is 12.3. The van der Waals surface area contributed by atoms with Crippen molar-refractivity contribution in [2.24, 2.45) is 0 Å². The van der Waals surface area contributed by atoms with Crippen LogP contribution in [0.2, 0.25) is 0 Å². The van der Waals surface area contributed by atoms with Crippen molar-refractivity contribution in [3.63, 3.8) is 0 Å². The number of hydrogen-bond donors (Lipinski definition) is 1. The number of para-hydroxylation sites is 1. The molecule has 0 saturated heterocycles. The summed E-state index contributed by atoms with van der Waals surface area (Å²) < 4.78 is 0. The molecule has 13 heavy (non-hydrogen) atoms. The Balaban J connectivity index is 0.000000980. The number of hydrogen-bond acceptors (Lipinski definition) is 0. The summed E-state index contributed by atoms with van der Waals surface area (Å²) in [7, 11) is 0. The summed E-state index contributed by atoms with van der Waals surface area (Å²) in [4.78, 5) is 3.38. The van der Waals surface area contributed by atoms with Crippen molar-refractivity contribution in [1.82, 2.24) is 4.98 Å². The van der Waals surface area contributed by atoms with Crippen molar-refractivity contribution in [2.75, 3.05) is 0 Å². The molecular weight excluding hydrogens is 158 g/mol. The summed E-state index contributed by atoms with van der Waals surface area (Å²) in [5.41, 5.74) is 3.71. The number of rotatable bonds is 1. The smallest absolute Gasteiger partial charge is 0.0458 e. The second kappa shape index (κ2) is 3.09. The van der Waals surface area contributed by atoms with E-state index in [9.17, 15) is 0 Å². The Hall–Kier alpha value is -1.50. The first-order valence-corrected chi connectivity index (χ1v) is 4.52. The molecule has 0 atom stereocenters. The van der Waals surface area contributed by atoms with Crippen molar-refractivity contribution >= 4 is 16.5 Å². The summed E-state index contributed by atoms with van der Waals surface area (Å²) in [6, 6.07) is 10.5. The van der Waals surface area contributed by atoms with Crippen LogP contribution in [0.4, 0.5) is 0 Å². The Morgan fingerprint density at radius 2 is 2.15 bits per heavy atom. The lowest BCUT2D eigenvalue weighted by molar-refractivity contribution is 1.38. The number of aromatic nitrogens is 1. The molecule has 0 saturated carbocycles. The fourth-order valence-electron chi connectivity index (χ4n) is 1.44. The van der Waals surface area contributed by atoms with E-state index in [0.717, 1.165) is 0 Å². The van der Waals surface area contributed by atoms with Crippen molar-refractivity contribution in [3.8, 4) is 0 Å². The molecule has 2 aromatic rings. The number of aromatic amines is 1. The van der Waals surface area contributed by atoms with Gasteiger partial charge >= 0.3 is 0 Å². The largest absolute Gasteiger partial charge is 0.355 e. The van der Waals surface area contributed by atoms with Crippen LogP contribution in [0.15, 0.2) is 36.4 Å². The van der Waals surface area contributed by atoms with Gasteiger partial charge in [0.2, 0.25) is 0 Å². The van der Waals surface area contributed by atoms with Gasteiger partial charge in [-0.15, -0.1) is 0 Å². The predicted octanol–water partition coefficient (Wildman–Crippen LogP) is 3.84. The topological polar surface area (TPSA) is 15.8 Å². The van der Waals surface area contributed by atoms with E-state index < -0.39 is 0 Å². The molecule has 1 heteroatoms. The third-order valence-electron chi connectivity index (χ3n) is 2.39. The lowest BCUT2D eigenvalue weighted by Gasteiger charge is -1.92. The van der Waals surface area contributed by atoms with E-state index in [1.54, 1.807) is 0 Å². The van der Waals surface area contributed by atoms with Gasteiger partial charge < -0.3 is 4.98 Å². The van der Waals surface area contributed by atoms with Gasteiger partial charge in [0.05, 0.1) is 0 Å². The van der Waals surface area contributed by atoms with E-state index in [2.05, 4.69) is 49.2 Å². The van der Waals surface area contributed by atoms with Gasteiger partial charge in [-0.3, -0.25) is 0 Å². The maximum Gasteiger partial charge on any atom is 0.0458 e. The molecule has 0 spiro atoms. The zero-order valence-corrected chi connectivity index (χ0v) is 7.96. The molecule has 0 unspecified atom stereocenters. The Labute approximate surface area is 79.6 Å². The maximum atomic E-state index is 3.38. The van der Waals surface area contributed by atoms with E-state index >= 15 is 0 Å². The minimum atomic E-state index is 0. The number of H-pyrrole nitrogens is 1. The lowest BCUT2D eigenvalue weighted by atomic mass is 10.2. The number of nitrogens with one attached hydrogen (secondary N) is 1. The molecule has 1 N–H and O–H groups in total. The van der Waals surface area contributed by atoms with Gasteiger partial charge in [0.15, 0.2) is 0 Å². The first-order valence-electron chi connectivity index (χ1n) is 4.52. The number of allylic oxidation sites excluding steroid dienone is 2. The molecule has 2 rings (SSSR count). The molecule has 0 amide bonds. The highest BCUT2D eigenvalue weighted by Gasteiger charge is 1.99. The monoisotopic (exact) mass is 173 g/mol. The van der Waals surface area contributed by atoms with E-state index in [1.807, 2.05) is 6.07 Å². The van der Waals surface area contributed by atoms with E-state index in [-0.39, 0.29) is 1.43 Å². The SMILES string of the molecule is C/C=C(/C)c1cc2ccccc2[nH]1.[HH]. The minimum absolute atomic E-state index is 0. The molecule has 0 fully saturated rings. The zero-order chi connectivity index (χ0) is 9.26. The van der Waals surface area contributed by atoms with Crippen molar-refractivity contribution in [2.45, 2.75) is 13.8 Å².